The van der Waals surface area contributed by atoms with E-state index in [9.17, 15) is 4.79 Å². The summed E-state index contributed by atoms with van der Waals surface area (Å²) in [6, 6.07) is 18.8. The number of carbonyl (C=O) groups excluding carboxylic acids is 1. The molecule has 1 unspecified atom stereocenters. The number of hydrogen-bond donors (Lipinski definition) is 0. The van der Waals surface area contributed by atoms with Gasteiger partial charge in [-0.25, -0.2) is 0 Å². The molecule has 1 atom stereocenters. The molecule has 3 nitrogen and oxygen atoms in total. The monoisotopic (exact) mass is 323 g/mol. The molecule has 0 aromatic heterocycles. The molecule has 1 fully saturated rings. The summed E-state index contributed by atoms with van der Waals surface area (Å²) in [7, 11) is 1.67. The molecule has 0 radical (unpaired) electrons. The van der Waals surface area contributed by atoms with Crippen LogP contribution in [0.15, 0.2) is 54.6 Å². The fourth-order valence-electron chi connectivity index (χ4n) is 3.45. The summed E-state index contributed by atoms with van der Waals surface area (Å²) in [4.78, 5) is 14.7. The van der Waals surface area contributed by atoms with Crippen molar-refractivity contribution in [2.75, 3.05) is 13.7 Å². The number of methoxy groups -OCH3 is 1. The van der Waals surface area contributed by atoms with Crippen LogP contribution in [0, 0.1) is 0 Å². The molecule has 1 aliphatic rings. The van der Waals surface area contributed by atoms with Crippen LogP contribution in [0.1, 0.15) is 30.4 Å². The molecular weight excluding hydrogens is 298 g/mol. The molecule has 0 saturated carbocycles. The maximum absolute atomic E-state index is 12.6. The van der Waals surface area contributed by atoms with Gasteiger partial charge in [-0.15, -0.1) is 0 Å². The lowest BCUT2D eigenvalue weighted by molar-refractivity contribution is -0.131. The largest absolute Gasteiger partial charge is 0.497 e. The number of aryl methyl sites for hydroxylation is 1. The molecule has 1 saturated heterocycles. The van der Waals surface area contributed by atoms with Crippen LogP contribution in [0.25, 0.3) is 0 Å². The number of carbonyl (C=O) groups is 1. The maximum Gasteiger partial charge on any atom is 0.223 e. The van der Waals surface area contributed by atoms with Gasteiger partial charge in [0.2, 0.25) is 5.91 Å². The van der Waals surface area contributed by atoms with Crippen molar-refractivity contribution in [3.05, 3.63) is 65.7 Å². The normalized spacial score (nSPS) is 17.0. The molecule has 0 aliphatic carbocycles. The van der Waals surface area contributed by atoms with Gasteiger partial charge in [0.1, 0.15) is 5.75 Å². The van der Waals surface area contributed by atoms with E-state index in [-0.39, 0.29) is 5.91 Å². The Hall–Kier alpha value is -2.29. The minimum Gasteiger partial charge on any atom is -0.497 e. The van der Waals surface area contributed by atoms with Crippen molar-refractivity contribution in [1.29, 1.82) is 0 Å². The van der Waals surface area contributed by atoms with E-state index >= 15 is 0 Å². The first-order valence-corrected chi connectivity index (χ1v) is 8.72. The third kappa shape index (κ3) is 4.16. The van der Waals surface area contributed by atoms with Crippen molar-refractivity contribution in [2.45, 2.75) is 38.1 Å². The van der Waals surface area contributed by atoms with Gasteiger partial charge in [0, 0.05) is 19.0 Å². The van der Waals surface area contributed by atoms with Crippen LogP contribution < -0.4 is 4.74 Å². The third-order valence-electron chi connectivity index (χ3n) is 4.80. The van der Waals surface area contributed by atoms with Crippen molar-refractivity contribution < 1.29 is 9.53 Å². The summed E-state index contributed by atoms with van der Waals surface area (Å²) >= 11 is 0. The Labute approximate surface area is 144 Å². The minimum atomic E-state index is 0.282. The Morgan fingerprint density at radius 1 is 1.08 bits per heavy atom. The first-order valence-electron chi connectivity index (χ1n) is 8.72. The van der Waals surface area contributed by atoms with E-state index in [1.165, 1.54) is 11.1 Å². The summed E-state index contributed by atoms with van der Waals surface area (Å²) in [5.41, 5.74) is 2.50. The summed E-state index contributed by atoms with van der Waals surface area (Å²) in [5, 5.41) is 0. The highest BCUT2D eigenvalue weighted by Gasteiger charge is 2.28. The Morgan fingerprint density at radius 2 is 1.83 bits per heavy atom. The molecule has 126 valence electrons. The molecule has 0 spiro atoms. The van der Waals surface area contributed by atoms with Crippen LogP contribution in [-0.2, 0) is 17.6 Å². The van der Waals surface area contributed by atoms with Crippen LogP contribution in [0.5, 0.6) is 5.75 Å². The van der Waals surface area contributed by atoms with E-state index in [1.807, 2.05) is 30.3 Å². The molecule has 0 N–H and O–H groups in total. The Morgan fingerprint density at radius 3 is 2.54 bits per heavy atom. The molecule has 3 heteroatoms. The molecule has 3 rings (SSSR count). The number of nitrogens with zero attached hydrogens (tertiary/aromatic N) is 1. The van der Waals surface area contributed by atoms with Crippen LogP contribution in [-0.4, -0.2) is 30.5 Å². The Kier molecular flexibility index (Phi) is 5.52. The zero-order valence-corrected chi connectivity index (χ0v) is 14.3. The second kappa shape index (κ2) is 8.00. The number of hydrogen-bond acceptors (Lipinski definition) is 2. The second-order valence-electron chi connectivity index (χ2n) is 6.42. The topological polar surface area (TPSA) is 29.5 Å². The second-order valence-corrected chi connectivity index (χ2v) is 6.42. The molecule has 1 aliphatic heterocycles. The lowest BCUT2D eigenvalue weighted by Crippen LogP contribution is -2.36. The molecule has 1 heterocycles. The van der Waals surface area contributed by atoms with E-state index in [0.29, 0.717) is 12.5 Å². The Balaban J connectivity index is 1.55. The van der Waals surface area contributed by atoms with E-state index in [1.54, 1.807) is 7.11 Å². The molecular formula is C21H25NO2. The van der Waals surface area contributed by atoms with Gasteiger partial charge in [-0.2, -0.15) is 0 Å². The fraction of sp³-hybridized carbons (Fsp3) is 0.381. The van der Waals surface area contributed by atoms with Gasteiger partial charge >= 0.3 is 0 Å². The Bertz CT molecular complexity index is 651. The van der Waals surface area contributed by atoms with Crippen molar-refractivity contribution >= 4 is 5.91 Å². The summed E-state index contributed by atoms with van der Waals surface area (Å²) in [6.07, 6.45) is 4.57. The molecule has 2 aromatic rings. The van der Waals surface area contributed by atoms with Crippen LogP contribution in [0.2, 0.25) is 0 Å². The van der Waals surface area contributed by atoms with Crippen LogP contribution in [0.3, 0.4) is 0 Å². The van der Waals surface area contributed by atoms with Gasteiger partial charge in [0.25, 0.3) is 0 Å². The number of amides is 1. The highest BCUT2D eigenvalue weighted by molar-refractivity contribution is 5.77. The number of ether oxygens (including phenoxy) is 1. The lowest BCUT2D eigenvalue weighted by Gasteiger charge is -2.25. The lowest BCUT2D eigenvalue weighted by atomic mass is 10.0. The molecule has 0 bridgehead atoms. The number of likely N-dealkylation sites (tertiary alicyclic amines) is 1. The quantitative estimate of drug-likeness (QED) is 0.808. The predicted octanol–water partition coefficient (Wildman–Crippen LogP) is 3.86. The van der Waals surface area contributed by atoms with Crippen molar-refractivity contribution in [2.24, 2.45) is 0 Å². The van der Waals surface area contributed by atoms with Gasteiger partial charge in [-0.3, -0.25) is 4.79 Å². The minimum absolute atomic E-state index is 0.282. The van der Waals surface area contributed by atoms with Gasteiger partial charge in [-0.1, -0.05) is 42.5 Å². The summed E-state index contributed by atoms with van der Waals surface area (Å²) in [5.74, 6) is 1.14. The fourth-order valence-corrected chi connectivity index (χ4v) is 3.45. The first kappa shape index (κ1) is 16.6. The van der Waals surface area contributed by atoms with Crippen LogP contribution in [0.4, 0.5) is 0 Å². The number of benzene rings is 2. The predicted molar refractivity (Wildman–Crippen MR) is 96.2 cm³/mol. The number of rotatable bonds is 6. The molecule has 1 amide bonds. The van der Waals surface area contributed by atoms with E-state index in [4.69, 9.17) is 4.74 Å². The zero-order chi connectivity index (χ0) is 16.8. The average Bonchev–Trinajstić information content (AvgIpc) is 3.09. The maximum atomic E-state index is 12.6. The highest BCUT2D eigenvalue weighted by Crippen LogP contribution is 2.22. The van der Waals surface area contributed by atoms with Crippen LogP contribution >= 0.6 is 0 Å². The van der Waals surface area contributed by atoms with E-state index in [0.717, 1.165) is 38.0 Å². The van der Waals surface area contributed by atoms with E-state index < -0.39 is 0 Å². The van der Waals surface area contributed by atoms with Gasteiger partial charge in [0.15, 0.2) is 0 Å². The standard InChI is InChI=1S/C21H25NO2/c1-24-20-12-9-17(10-13-20)11-14-21(23)22-15-5-8-19(22)16-18-6-3-2-4-7-18/h2-4,6-7,9-10,12-13,19H,5,8,11,14-16H2,1H3. The van der Waals surface area contributed by atoms with Crippen molar-refractivity contribution in [3.8, 4) is 5.75 Å². The highest BCUT2D eigenvalue weighted by atomic mass is 16.5. The SMILES string of the molecule is COc1ccc(CCC(=O)N2CCCC2Cc2ccccc2)cc1. The average molecular weight is 323 g/mol. The zero-order valence-electron chi connectivity index (χ0n) is 14.3. The van der Waals surface area contributed by atoms with E-state index in [2.05, 4.69) is 29.2 Å². The molecule has 24 heavy (non-hydrogen) atoms. The van der Waals surface area contributed by atoms with Crippen molar-refractivity contribution in [1.82, 2.24) is 4.90 Å². The summed E-state index contributed by atoms with van der Waals surface area (Å²) in [6.45, 7) is 0.902. The summed E-state index contributed by atoms with van der Waals surface area (Å²) < 4.78 is 5.17. The van der Waals surface area contributed by atoms with Gasteiger partial charge in [0.05, 0.1) is 7.11 Å². The first-order chi connectivity index (χ1) is 11.8. The smallest absolute Gasteiger partial charge is 0.223 e. The van der Waals surface area contributed by atoms with Gasteiger partial charge in [-0.05, 0) is 48.9 Å². The van der Waals surface area contributed by atoms with Gasteiger partial charge < -0.3 is 9.64 Å². The van der Waals surface area contributed by atoms with Crippen molar-refractivity contribution in [3.63, 3.8) is 0 Å². The third-order valence-corrected chi connectivity index (χ3v) is 4.80. The molecule has 2 aromatic carbocycles.